The van der Waals surface area contributed by atoms with Gasteiger partial charge in [0.2, 0.25) is 11.8 Å². The molecule has 1 aromatic carbocycles. The second kappa shape index (κ2) is 9.49. The van der Waals surface area contributed by atoms with E-state index in [9.17, 15) is 19.2 Å². The van der Waals surface area contributed by atoms with Crippen LogP contribution in [-0.2, 0) is 9.59 Å². The third-order valence-corrected chi connectivity index (χ3v) is 8.15. The molecule has 1 aromatic rings. The molecule has 3 aliphatic heterocycles. The van der Waals surface area contributed by atoms with Crippen LogP contribution < -0.4 is 10.2 Å². The summed E-state index contributed by atoms with van der Waals surface area (Å²) < 4.78 is 0. The van der Waals surface area contributed by atoms with E-state index in [4.69, 9.17) is 0 Å². The number of rotatable bonds is 5. The molecule has 0 spiro atoms. The van der Waals surface area contributed by atoms with E-state index in [1.54, 1.807) is 12.1 Å². The summed E-state index contributed by atoms with van der Waals surface area (Å²) in [5.41, 5.74) is 1.64. The molecule has 0 aromatic heterocycles. The Morgan fingerprint density at radius 2 is 1.62 bits per heavy atom. The number of piperidine rings is 2. The Labute approximate surface area is 200 Å². The minimum absolute atomic E-state index is 0.125. The molecule has 1 unspecified atom stereocenters. The van der Waals surface area contributed by atoms with Crippen molar-refractivity contribution in [3.63, 3.8) is 0 Å². The summed E-state index contributed by atoms with van der Waals surface area (Å²) in [6, 6.07) is 5.23. The average molecular weight is 467 g/mol. The van der Waals surface area contributed by atoms with E-state index < -0.39 is 23.8 Å². The van der Waals surface area contributed by atoms with E-state index in [0.717, 1.165) is 49.1 Å². The first-order valence-corrected chi connectivity index (χ1v) is 12.7. The molecule has 34 heavy (non-hydrogen) atoms. The van der Waals surface area contributed by atoms with Crippen LogP contribution in [0.15, 0.2) is 18.2 Å². The maximum absolute atomic E-state index is 13.1. The highest BCUT2D eigenvalue weighted by atomic mass is 16.2. The fourth-order valence-corrected chi connectivity index (χ4v) is 6.11. The number of nitrogens with one attached hydrogen (secondary N) is 1. The van der Waals surface area contributed by atoms with Crippen LogP contribution in [0.4, 0.5) is 5.69 Å². The van der Waals surface area contributed by atoms with Crippen LogP contribution in [0.3, 0.4) is 0 Å². The normalized spacial score (nSPS) is 24.7. The largest absolute Gasteiger partial charge is 0.371 e. The third kappa shape index (κ3) is 4.35. The summed E-state index contributed by atoms with van der Waals surface area (Å²) in [5, 5.41) is 2.24. The van der Waals surface area contributed by atoms with Gasteiger partial charge >= 0.3 is 0 Å². The van der Waals surface area contributed by atoms with Crippen molar-refractivity contribution in [3.05, 3.63) is 29.3 Å². The highest BCUT2D eigenvalue weighted by Crippen LogP contribution is 2.32. The zero-order valence-corrected chi connectivity index (χ0v) is 19.9. The quantitative estimate of drug-likeness (QED) is 0.671. The zero-order valence-electron chi connectivity index (χ0n) is 19.9. The molecule has 182 valence electrons. The molecule has 0 radical (unpaired) electrons. The number of carbonyl (C=O) groups is 4. The van der Waals surface area contributed by atoms with Crippen LogP contribution in [0.2, 0.25) is 0 Å². The molecule has 8 nitrogen and oxygen atoms in total. The van der Waals surface area contributed by atoms with Crippen molar-refractivity contribution < 1.29 is 19.2 Å². The van der Waals surface area contributed by atoms with Gasteiger partial charge in [0, 0.05) is 37.8 Å². The highest BCUT2D eigenvalue weighted by molar-refractivity contribution is 6.23. The molecule has 4 aliphatic rings. The number of carbonyl (C=O) groups excluding carboxylic acids is 4. The number of fused-ring (bicyclic) bond motifs is 1. The van der Waals surface area contributed by atoms with E-state index >= 15 is 0 Å². The second-order valence-electron chi connectivity index (χ2n) is 10.3. The summed E-state index contributed by atoms with van der Waals surface area (Å²) in [6.45, 7) is 3.01. The Kier molecular flexibility index (Phi) is 6.42. The molecule has 1 saturated carbocycles. The summed E-state index contributed by atoms with van der Waals surface area (Å²) in [6.07, 6.45) is 9.27. The van der Waals surface area contributed by atoms with E-state index in [1.807, 2.05) is 6.07 Å². The van der Waals surface area contributed by atoms with Crippen LogP contribution in [0.25, 0.3) is 0 Å². The average Bonchev–Trinajstić information content (AvgIpc) is 3.09. The predicted octanol–water partition coefficient (Wildman–Crippen LogP) is 2.57. The van der Waals surface area contributed by atoms with Gasteiger partial charge in [0.15, 0.2) is 0 Å². The first-order chi connectivity index (χ1) is 16.4. The van der Waals surface area contributed by atoms with Crippen molar-refractivity contribution in [2.24, 2.45) is 5.92 Å². The van der Waals surface area contributed by atoms with Gasteiger partial charge in [0.05, 0.1) is 11.1 Å². The topological polar surface area (TPSA) is 90.0 Å². The smallest absolute Gasteiger partial charge is 0.262 e. The minimum atomic E-state index is -0.926. The molecule has 1 N–H and O–H groups in total. The van der Waals surface area contributed by atoms with E-state index in [1.165, 1.54) is 32.1 Å². The molecule has 8 heteroatoms. The number of anilines is 1. The fourth-order valence-electron chi connectivity index (χ4n) is 6.11. The Hall–Kier alpha value is -2.74. The monoisotopic (exact) mass is 466 g/mol. The highest BCUT2D eigenvalue weighted by Gasteiger charge is 2.44. The van der Waals surface area contributed by atoms with Crippen LogP contribution in [0.1, 0.15) is 78.5 Å². The lowest BCUT2D eigenvalue weighted by molar-refractivity contribution is -0.136. The molecule has 1 atom stereocenters. The molecular weight excluding hydrogens is 432 g/mol. The van der Waals surface area contributed by atoms with Crippen LogP contribution in [0, 0.1) is 5.92 Å². The lowest BCUT2D eigenvalue weighted by atomic mass is 9.91. The number of nitrogens with zero attached hydrogens (tertiary/aromatic N) is 3. The molecule has 5 rings (SSSR count). The van der Waals surface area contributed by atoms with Crippen LogP contribution in [-0.4, -0.2) is 72.2 Å². The van der Waals surface area contributed by atoms with E-state index in [2.05, 4.69) is 22.2 Å². The molecule has 4 amide bonds. The molecule has 0 bridgehead atoms. The van der Waals surface area contributed by atoms with Gasteiger partial charge in [0.25, 0.3) is 11.8 Å². The summed E-state index contributed by atoms with van der Waals surface area (Å²) in [5.74, 6) is -1.16. The van der Waals surface area contributed by atoms with Crippen LogP contribution in [0.5, 0.6) is 0 Å². The van der Waals surface area contributed by atoms with E-state index in [-0.39, 0.29) is 18.7 Å². The molecular formula is C26H34N4O4. The lowest BCUT2D eigenvalue weighted by Gasteiger charge is -2.38. The van der Waals surface area contributed by atoms with Gasteiger partial charge in [0.1, 0.15) is 6.04 Å². The summed E-state index contributed by atoms with van der Waals surface area (Å²) in [7, 11) is 2.28. The van der Waals surface area contributed by atoms with Crippen molar-refractivity contribution in [3.8, 4) is 0 Å². The summed E-state index contributed by atoms with van der Waals surface area (Å²) in [4.78, 5) is 55.7. The van der Waals surface area contributed by atoms with Gasteiger partial charge < -0.3 is 9.80 Å². The first kappa shape index (κ1) is 23.0. The Morgan fingerprint density at radius 3 is 2.32 bits per heavy atom. The number of hydrogen-bond acceptors (Lipinski definition) is 6. The van der Waals surface area contributed by atoms with Gasteiger partial charge in [-0.15, -0.1) is 0 Å². The third-order valence-electron chi connectivity index (χ3n) is 8.15. The Bertz CT molecular complexity index is 995. The Morgan fingerprint density at radius 1 is 0.912 bits per heavy atom. The fraction of sp³-hybridized carbons (Fsp3) is 0.615. The molecule has 3 fully saturated rings. The zero-order chi connectivity index (χ0) is 23.8. The van der Waals surface area contributed by atoms with Gasteiger partial charge in [-0.05, 0) is 63.3 Å². The van der Waals surface area contributed by atoms with Gasteiger partial charge in [-0.1, -0.05) is 19.3 Å². The van der Waals surface area contributed by atoms with Gasteiger partial charge in [-0.25, -0.2) is 0 Å². The molecule has 2 saturated heterocycles. The number of hydrogen-bond donors (Lipinski definition) is 1. The SMILES string of the molecule is CN(CC1CCN(c2ccc3c(c2)C(=O)N(C2CCC(=O)NC2=O)C3=O)CC1)C1CCCCC1. The van der Waals surface area contributed by atoms with Crippen LogP contribution >= 0.6 is 0 Å². The lowest BCUT2D eigenvalue weighted by Crippen LogP contribution is -2.54. The maximum Gasteiger partial charge on any atom is 0.262 e. The summed E-state index contributed by atoms with van der Waals surface area (Å²) >= 11 is 0. The minimum Gasteiger partial charge on any atom is -0.371 e. The van der Waals surface area contributed by atoms with Gasteiger partial charge in [-0.3, -0.25) is 29.4 Å². The molecule has 1 aliphatic carbocycles. The molecule has 3 heterocycles. The number of benzene rings is 1. The maximum atomic E-state index is 13.1. The van der Waals surface area contributed by atoms with Crippen molar-refractivity contribution in [1.29, 1.82) is 0 Å². The van der Waals surface area contributed by atoms with E-state index in [0.29, 0.717) is 17.0 Å². The standard InChI is InChI=1S/C26H34N4O4/c1-28(18-5-3-2-4-6-18)16-17-11-13-29(14-12-17)19-7-8-20-21(15-19)26(34)30(25(20)33)22-9-10-23(31)27-24(22)32/h7-8,15,17-18,22H,2-6,9-14,16H2,1H3,(H,27,31,32). The first-order valence-electron chi connectivity index (χ1n) is 12.7. The number of imide groups is 2. The van der Waals surface area contributed by atoms with Crippen molar-refractivity contribution in [2.45, 2.75) is 69.9 Å². The Balaban J connectivity index is 1.22. The predicted molar refractivity (Wildman–Crippen MR) is 128 cm³/mol. The number of amides is 4. The second-order valence-corrected chi connectivity index (χ2v) is 10.3. The van der Waals surface area contributed by atoms with Gasteiger partial charge in [-0.2, -0.15) is 0 Å². The van der Waals surface area contributed by atoms with Crippen molar-refractivity contribution in [1.82, 2.24) is 15.1 Å². The van der Waals surface area contributed by atoms with Crippen molar-refractivity contribution >= 4 is 29.3 Å². The van der Waals surface area contributed by atoms with Crippen molar-refractivity contribution in [2.75, 3.05) is 31.6 Å².